The Morgan fingerprint density at radius 3 is 2.38 bits per heavy atom. The maximum atomic E-state index is 13.2. The van der Waals surface area contributed by atoms with Crippen molar-refractivity contribution in [2.45, 2.75) is 24.8 Å². The molecule has 7 nitrogen and oxygen atoms in total. The van der Waals surface area contributed by atoms with Gasteiger partial charge < -0.3 is 5.32 Å². The Bertz CT molecular complexity index is 1280. The van der Waals surface area contributed by atoms with Gasteiger partial charge in [-0.3, -0.25) is 9.89 Å². The number of nitrogens with zero attached hydrogens (tertiary/aromatic N) is 1. The third kappa shape index (κ3) is 4.82. The molecule has 0 saturated heterocycles. The van der Waals surface area contributed by atoms with E-state index in [2.05, 4.69) is 10.4 Å². The number of sulfonamides is 1. The lowest BCUT2D eigenvalue weighted by atomic mass is 10.2. The van der Waals surface area contributed by atoms with E-state index in [0.717, 1.165) is 12.0 Å². The number of H-pyrrole nitrogens is 1. The van der Waals surface area contributed by atoms with Crippen LogP contribution in [0.4, 0.5) is 4.39 Å². The van der Waals surface area contributed by atoms with E-state index in [1.807, 2.05) is 13.0 Å². The Kier molecular flexibility index (Phi) is 6.00. The molecule has 152 valence electrons. The van der Waals surface area contributed by atoms with Gasteiger partial charge in [0.25, 0.3) is 5.56 Å². The zero-order chi connectivity index (χ0) is 21.0. The van der Waals surface area contributed by atoms with Gasteiger partial charge in [0.05, 0.1) is 21.2 Å². The molecule has 9 heteroatoms. The van der Waals surface area contributed by atoms with Crippen LogP contribution in [0.3, 0.4) is 0 Å². The van der Waals surface area contributed by atoms with E-state index in [4.69, 9.17) is 5.14 Å². The second-order valence-corrected chi connectivity index (χ2v) is 7.94. The van der Waals surface area contributed by atoms with Gasteiger partial charge in [-0.05, 0) is 48.4 Å². The Hall–Kier alpha value is -3.17. The molecule has 1 heterocycles. The second-order valence-electron chi connectivity index (χ2n) is 6.38. The van der Waals surface area contributed by atoms with E-state index < -0.39 is 10.0 Å². The molecule has 29 heavy (non-hydrogen) atoms. The van der Waals surface area contributed by atoms with Crippen molar-refractivity contribution in [3.8, 4) is 5.69 Å². The lowest BCUT2D eigenvalue weighted by Gasteiger charge is -2.02. The zero-order valence-electron chi connectivity index (χ0n) is 15.7. The van der Waals surface area contributed by atoms with Gasteiger partial charge in [0, 0.05) is 12.7 Å². The fourth-order valence-corrected chi connectivity index (χ4v) is 3.32. The predicted octanol–water partition coefficient (Wildman–Crippen LogP) is 0.670. The molecule has 2 aromatic carbocycles. The number of primary sulfonamides is 1. The van der Waals surface area contributed by atoms with Crippen LogP contribution in [-0.2, 0) is 16.6 Å². The number of halogens is 1. The topological polar surface area (TPSA) is 110 Å². The lowest BCUT2D eigenvalue weighted by Crippen LogP contribution is -2.36. The molecule has 3 aromatic rings. The molecule has 0 aliphatic rings. The standard InChI is InChI=1S/C20H21FN4O3S/c1-2-3-19-18(20(26)25(24-19)16-8-6-15(21)7-9-16)13-23-12-14-4-10-17(11-5-14)29(22,27)28/h3-11,13,23-24H,2,12H2,1H3,(H2,22,27,28). The summed E-state index contributed by atoms with van der Waals surface area (Å²) in [4.78, 5) is 12.9. The number of aromatic nitrogens is 2. The van der Waals surface area contributed by atoms with Gasteiger partial charge in [-0.25, -0.2) is 22.6 Å². The SMILES string of the molecule is CCC=c1[nH]n(-c2ccc(F)cc2)c(=O)c1=CNCc1ccc(S(N)(=O)=O)cc1. The van der Waals surface area contributed by atoms with Crippen LogP contribution < -0.4 is 26.6 Å². The molecule has 1 aromatic heterocycles. The molecule has 0 aliphatic heterocycles. The molecule has 0 unspecified atom stereocenters. The molecule has 0 spiro atoms. The summed E-state index contributed by atoms with van der Waals surface area (Å²) in [6.07, 6.45) is 4.21. The molecule has 0 amide bonds. The maximum Gasteiger partial charge on any atom is 0.280 e. The van der Waals surface area contributed by atoms with Crippen LogP contribution in [0.5, 0.6) is 0 Å². The van der Waals surface area contributed by atoms with E-state index in [1.54, 1.807) is 18.3 Å². The number of hydrogen-bond donors (Lipinski definition) is 3. The van der Waals surface area contributed by atoms with E-state index in [1.165, 1.54) is 41.1 Å². The van der Waals surface area contributed by atoms with Crippen molar-refractivity contribution in [1.82, 2.24) is 15.1 Å². The number of nitrogens with one attached hydrogen (secondary N) is 2. The van der Waals surface area contributed by atoms with Crippen molar-refractivity contribution >= 4 is 22.3 Å². The lowest BCUT2D eigenvalue weighted by molar-refractivity contribution is 0.597. The van der Waals surface area contributed by atoms with E-state index in [0.29, 0.717) is 22.8 Å². The van der Waals surface area contributed by atoms with Crippen molar-refractivity contribution in [2.24, 2.45) is 5.14 Å². The quantitative estimate of drug-likeness (QED) is 0.549. The highest BCUT2D eigenvalue weighted by Crippen LogP contribution is 2.08. The summed E-state index contributed by atoms with van der Waals surface area (Å²) in [5.41, 5.74) is 1.08. The summed E-state index contributed by atoms with van der Waals surface area (Å²) in [6.45, 7) is 2.34. The van der Waals surface area contributed by atoms with Crippen LogP contribution in [0, 0.1) is 5.82 Å². The van der Waals surface area contributed by atoms with Crippen molar-refractivity contribution in [2.75, 3.05) is 0 Å². The van der Waals surface area contributed by atoms with Crippen molar-refractivity contribution in [3.05, 3.63) is 80.8 Å². The first-order valence-electron chi connectivity index (χ1n) is 8.92. The number of nitrogens with two attached hydrogens (primary N) is 1. The number of benzene rings is 2. The molecule has 0 fully saturated rings. The molecule has 0 bridgehead atoms. The fraction of sp³-hybridized carbons (Fsp3) is 0.150. The molecular formula is C20H21FN4O3S. The highest BCUT2D eigenvalue weighted by Gasteiger charge is 2.07. The molecule has 0 atom stereocenters. The normalized spacial score (nSPS) is 13.1. The first-order chi connectivity index (χ1) is 13.8. The third-order valence-corrected chi connectivity index (χ3v) is 5.18. The molecule has 0 saturated carbocycles. The second kappa shape index (κ2) is 8.46. The average molecular weight is 416 g/mol. The van der Waals surface area contributed by atoms with Crippen LogP contribution in [0.25, 0.3) is 18.0 Å². The minimum atomic E-state index is -3.73. The summed E-state index contributed by atoms with van der Waals surface area (Å²) in [5.74, 6) is -0.379. The maximum absolute atomic E-state index is 13.2. The largest absolute Gasteiger partial charge is 0.386 e. The van der Waals surface area contributed by atoms with Crippen LogP contribution in [0.15, 0.2) is 58.2 Å². The van der Waals surface area contributed by atoms with Gasteiger partial charge in [0.15, 0.2) is 0 Å². The van der Waals surface area contributed by atoms with Gasteiger partial charge in [0.2, 0.25) is 10.0 Å². The Labute approximate surface area is 167 Å². The Morgan fingerprint density at radius 2 is 1.79 bits per heavy atom. The monoisotopic (exact) mass is 416 g/mol. The number of rotatable bonds is 6. The highest BCUT2D eigenvalue weighted by molar-refractivity contribution is 7.89. The molecule has 4 N–H and O–H groups in total. The van der Waals surface area contributed by atoms with Gasteiger partial charge in [-0.1, -0.05) is 25.1 Å². The van der Waals surface area contributed by atoms with E-state index in [-0.39, 0.29) is 16.3 Å². The van der Waals surface area contributed by atoms with Crippen molar-refractivity contribution < 1.29 is 12.8 Å². The van der Waals surface area contributed by atoms with Crippen LogP contribution >= 0.6 is 0 Å². The van der Waals surface area contributed by atoms with Crippen LogP contribution in [0.2, 0.25) is 0 Å². The molecule has 0 radical (unpaired) electrons. The van der Waals surface area contributed by atoms with E-state index in [9.17, 15) is 17.6 Å². The fourth-order valence-electron chi connectivity index (χ4n) is 2.81. The molecule has 3 rings (SSSR count). The minimum Gasteiger partial charge on any atom is -0.386 e. The van der Waals surface area contributed by atoms with Crippen molar-refractivity contribution in [3.63, 3.8) is 0 Å². The van der Waals surface area contributed by atoms with Crippen LogP contribution in [-0.4, -0.2) is 18.2 Å². The summed E-state index contributed by atoms with van der Waals surface area (Å²) in [5, 5.41) is 12.3. The molecule has 0 aliphatic carbocycles. The first kappa shape index (κ1) is 20.6. The summed E-state index contributed by atoms with van der Waals surface area (Å²) in [7, 11) is -3.73. The first-order valence-corrected chi connectivity index (χ1v) is 10.5. The summed E-state index contributed by atoms with van der Waals surface area (Å²) >= 11 is 0. The third-order valence-electron chi connectivity index (χ3n) is 4.25. The van der Waals surface area contributed by atoms with Crippen molar-refractivity contribution in [1.29, 1.82) is 0 Å². The molecular weight excluding hydrogens is 395 g/mol. The van der Waals surface area contributed by atoms with Gasteiger partial charge in [-0.2, -0.15) is 0 Å². The Morgan fingerprint density at radius 1 is 1.14 bits per heavy atom. The minimum absolute atomic E-state index is 0.0397. The zero-order valence-corrected chi connectivity index (χ0v) is 16.5. The summed E-state index contributed by atoms with van der Waals surface area (Å²) in [6, 6.07) is 11.8. The smallest absolute Gasteiger partial charge is 0.280 e. The average Bonchev–Trinajstić information content (AvgIpc) is 2.98. The number of hydrogen-bond acceptors (Lipinski definition) is 4. The van der Waals surface area contributed by atoms with Crippen LogP contribution in [0.1, 0.15) is 18.9 Å². The Balaban J connectivity index is 1.89. The highest BCUT2D eigenvalue weighted by atomic mass is 32.2. The predicted molar refractivity (Wildman–Crippen MR) is 109 cm³/mol. The van der Waals surface area contributed by atoms with E-state index >= 15 is 0 Å². The van der Waals surface area contributed by atoms with Gasteiger partial charge in [0.1, 0.15) is 5.82 Å². The summed E-state index contributed by atoms with van der Waals surface area (Å²) < 4.78 is 37.1. The number of aromatic amines is 1. The van der Waals surface area contributed by atoms with Gasteiger partial charge in [-0.15, -0.1) is 0 Å². The van der Waals surface area contributed by atoms with Gasteiger partial charge >= 0.3 is 0 Å².